The summed E-state index contributed by atoms with van der Waals surface area (Å²) in [4.78, 5) is 10.1. The highest BCUT2D eigenvalue weighted by Gasteiger charge is 2.17. The predicted octanol–water partition coefficient (Wildman–Crippen LogP) is 7.64. The molecule has 0 spiro atoms. The first-order valence-corrected chi connectivity index (χ1v) is 10.6. The lowest BCUT2D eigenvalue weighted by atomic mass is 9.96. The summed E-state index contributed by atoms with van der Waals surface area (Å²) in [5.74, 6) is 0. The van der Waals surface area contributed by atoms with Crippen LogP contribution in [0.3, 0.4) is 0 Å². The summed E-state index contributed by atoms with van der Waals surface area (Å²) in [6.07, 6.45) is 0.686. The van der Waals surface area contributed by atoms with Crippen molar-refractivity contribution in [3.8, 4) is 0 Å². The number of aliphatic imine (C=N–C) groups is 2. The maximum Gasteiger partial charge on any atom is 0.0889 e. The van der Waals surface area contributed by atoms with Crippen molar-refractivity contribution in [2.45, 2.75) is 6.42 Å². The lowest BCUT2D eigenvalue weighted by Gasteiger charge is -2.10. The Kier molecular flexibility index (Phi) is 4.21. The number of hydrogen-bond donors (Lipinski definition) is 0. The van der Waals surface area contributed by atoms with E-state index in [9.17, 15) is 0 Å². The number of fused-ring (bicyclic) bond motifs is 3. The van der Waals surface area contributed by atoms with Crippen LogP contribution in [-0.2, 0) is 0 Å². The highest BCUT2D eigenvalue weighted by Crippen LogP contribution is 2.33. The van der Waals surface area contributed by atoms with E-state index >= 15 is 0 Å². The largest absolute Gasteiger partial charge is 0.250 e. The minimum absolute atomic E-state index is 0.686. The molecule has 2 heteroatoms. The molecule has 0 atom stereocenters. The van der Waals surface area contributed by atoms with Gasteiger partial charge in [0.1, 0.15) is 0 Å². The van der Waals surface area contributed by atoms with Gasteiger partial charge in [-0.2, -0.15) is 0 Å². The van der Waals surface area contributed by atoms with Gasteiger partial charge >= 0.3 is 0 Å². The summed E-state index contributed by atoms with van der Waals surface area (Å²) in [5.41, 5.74) is 6.21. The average molecular weight is 396 g/mol. The Bertz CT molecular complexity index is 1390. The Hall–Kier alpha value is -4.04. The van der Waals surface area contributed by atoms with Gasteiger partial charge in [0.2, 0.25) is 0 Å². The molecule has 0 fully saturated rings. The molecule has 0 aliphatic carbocycles. The SMILES string of the molecule is c1ccc2c(c1)N=C(c1ccc3ccccc3c1)CC(c1ccc3ccccc3c1)=N2. The number of hydrogen-bond acceptors (Lipinski definition) is 2. The van der Waals surface area contributed by atoms with Crippen molar-refractivity contribution in [3.63, 3.8) is 0 Å². The zero-order chi connectivity index (χ0) is 20.6. The summed E-state index contributed by atoms with van der Waals surface area (Å²) in [6, 6.07) is 38.2. The fourth-order valence-corrected chi connectivity index (χ4v) is 4.25. The Morgan fingerprint density at radius 1 is 0.419 bits per heavy atom. The van der Waals surface area contributed by atoms with Gasteiger partial charge in [0.05, 0.1) is 22.8 Å². The monoisotopic (exact) mass is 396 g/mol. The second kappa shape index (κ2) is 7.33. The molecular formula is C29H20N2. The van der Waals surface area contributed by atoms with Crippen molar-refractivity contribution in [1.29, 1.82) is 0 Å². The average Bonchev–Trinajstić information content (AvgIpc) is 3.03. The van der Waals surface area contributed by atoms with Gasteiger partial charge < -0.3 is 0 Å². The molecule has 0 bridgehead atoms. The molecule has 146 valence electrons. The zero-order valence-electron chi connectivity index (χ0n) is 17.0. The Morgan fingerprint density at radius 2 is 0.839 bits per heavy atom. The second-order valence-corrected chi connectivity index (χ2v) is 7.91. The maximum absolute atomic E-state index is 5.06. The van der Waals surface area contributed by atoms with Crippen LogP contribution in [-0.4, -0.2) is 11.4 Å². The smallest absolute Gasteiger partial charge is 0.0889 e. The minimum atomic E-state index is 0.686. The fraction of sp³-hybridized carbons (Fsp3) is 0.0345. The van der Waals surface area contributed by atoms with Crippen molar-refractivity contribution < 1.29 is 0 Å². The summed E-state index contributed by atoms with van der Waals surface area (Å²) in [5, 5.41) is 4.93. The van der Waals surface area contributed by atoms with Crippen LogP contribution < -0.4 is 0 Å². The molecule has 0 aromatic heterocycles. The van der Waals surface area contributed by atoms with E-state index in [-0.39, 0.29) is 0 Å². The van der Waals surface area contributed by atoms with Gasteiger partial charge in [0.25, 0.3) is 0 Å². The molecule has 1 heterocycles. The van der Waals surface area contributed by atoms with Crippen molar-refractivity contribution in [1.82, 2.24) is 0 Å². The summed E-state index contributed by atoms with van der Waals surface area (Å²) >= 11 is 0. The summed E-state index contributed by atoms with van der Waals surface area (Å²) in [7, 11) is 0. The third-order valence-electron chi connectivity index (χ3n) is 5.89. The molecule has 2 nitrogen and oxygen atoms in total. The summed E-state index contributed by atoms with van der Waals surface area (Å²) < 4.78 is 0. The first-order valence-electron chi connectivity index (χ1n) is 10.6. The van der Waals surface area contributed by atoms with Gasteiger partial charge in [-0.15, -0.1) is 0 Å². The van der Waals surface area contributed by atoms with E-state index < -0.39 is 0 Å². The van der Waals surface area contributed by atoms with E-state index in [1.807, 2.05) is 24.3 Å². The topological polar surface area (TPSA) is 24.7 Å². The quantitative estimate of drug-likeness (QED) is 0.293. The van der Waals surface area contributed by atoms with Gasteiger partial charge in [0.15, 0.2) is 0 Å². The molecule has 0 amide bonds. The number of para-hydroxylation sites is 2. The van der Waals surface area contributed by atoms with Crippen LogP contribution in [0.2, 0.25) is 0 Å². The maximum atomic E-state index is 5.06. The van der Waals surface area contributed by atoms with Crippen molar-refractivity contribution >= 4 is 44.3 Å². The van der Waals surface area contributed by atoms with Crippen molar-refractivity contribution in [2.24, 2.45) is 9.98 Å². The van der Waals surface area contributed by atoms with Crippen LogP contribution in [0.25, 0.3) is 21.5 Å². The van der Waals surface area contributed by atoms with Crippen LogP contribution in [0, 0.1) is 0 Å². The van der Waals surface area contributed by atoms with Crippen LogP contribution in [0.5, 0.6) is 0 Å². The molecule has 31 heavy (non-hydrogen) atoms. The van der Waals surface area contributed by atoms with Crippen molar-refractivity contribution in [2.75, 3.05) is 0 Å². The second-order valence-electron chi connectivity index (χ2n) is 7.91. The van der Waals surface area contributed by atoms with Crippen LogP contribution in [0.4, 0.5) is 11.4 Å². The summed E-state index contributed by atoms with van der Waals surface area (Å²) in [6.45, 7) is 0. The zero-order valence-corrected chi connectivity index (χ0v) is 17.0. The fourth-order valence-electron chi connectivity index (χ4n) is 4.25. The Labute approximate surface area is 181 Å². The van der Waals surface area contributed by atoms with E-state index in [1.54, 1.807) is 0 Å². The highest BCUT2D eigenvalue weighted by atomic mass is 14.9. The Morgan fingerprint density at radius 3 is 1.32 bits per heavy atom. The van der Waals surface area contributed by atoms with Crippen molar-refractivity contribution in [3.05, 3.63) is 120 Å². The molecule has 5 aromatic rings. The lowest BCUT2D eigenvalue weighted by Crippen LogP contribution is -2.10. The van der Waals surface area contributed by atoms with Gasteiger partial charge in [-0.1, -0.05) is 84.9 Å². The van der Waals surface area contributed by atoms with E-state index in [1.165, 1.54) is 21.5 Å². The van der Waals surface area contributed by atoms with Gasteiger partial charge in [0, 0.05) is 6.42 Å². The van der Waals surface area contributed by atoms with Crippen LogP contribution >= 0.6 is 0 Å². The number of nitrogens with zero attached hydrogens (tertiary/aromatic N) is 2. The molecule has 0 N–H and O–H groups in total. The molecular weight excluding hydrogens is 376 g/mol. The number of benzene rings is 5. The molecule has 1 aliphatic heterocycles. The molecule has 6 rings (SSSR count). The molecule has 0 unspecified atom stereocenters. The molecule has 0 radical (unpaired) electrons. The van der Waals surface area contributed by atoms with E-state index in [2.05, 4.69) is 84.9 Å². The highest BCUT2D eigenvalue weighted by molar-refractivity contribution is 6.21. The lowest BCUT2D eigenvalue weighted by molar-refractivity contribution is 1.45. The van der Waals surface area contributed by atoms with E-state index in [0.717, 1.165) is 33.9 Å². The van der Waals surface area contributed by atoms with Crippen LogP contribution in [0.1, 0.15) is 17.5 Å². The van der Waals surface area contributed by atoms with Gasteiger partial charge in [-0.25, -0.2) is 0 Å². The minimum Gasteiger partial charge on any atom is -0.250 e. The van der Waals surface area contributed by atoms with E-state index in [4.69, 9.17) is 9.98 Å². The Balaban J connectivity index is 1.51. The third kappa shape index (κ3) is 3.32. The first-order chi connectivity index (χ1) is 15.3. The molecule has 0 saturated heterocycles. The number of rotatable bonds is 2. The molecule has 1 aliphatic rings. The van der Waals surface area contributed by atoms with E-state index in [0.29, 0.717) is 6.42 Å². The normalized spacial score (nSPS) is 13.4. The molecule has 5 aromatic carbocycles. The third-order valence-corrected chi connectivity index (χ3v) is 5.89. The van der Waals surface area contributed by atoms with Gasteiger partial charge in [-0.05, 0) is 56.9 Å². The molecule has 0 saturated carbocycles. The predicted molar refractivity (Wildman–Crippen MR) is 131 cm³/mol. The van der Waals surface area contributed by atoms with Gasteiger partial charge in [-0.3, -0.25) is 9.98 Å². The first kappa shape index (κ1) is 17.8. The van der Waals surface area contributed by atoms with Crippen LogP contribution in [0.15, 0.2) is 119 Å². The standard InChI is InChI=1S/C29H20N2/c1-3-9-22-17-24(15-13-20(22)7-1)28-19-29(31-27-12-6-5-11-26(27)30-28)25-16-14-21-8-2-4-10-23(21)18-25/h1-18H,19H2.